The van der Waals surface area contributed by atoms with Gasteiger partial charge in [-0.2, -0.15) is 0 Å². The van der Waals surface area contributed by atoms with E-state index in [0.29, 0.717) is 24.5 Å². The number of aromatic nitrogens is 5. The van der Waals surface area contributed by atoms with Crippen LogP contribution in [-0.4, -0.2) is 91.3 Å². The molecule has 4 aromatic carbocycles. The lowest BCUT2D eigenvalue weighted by atomic mass is 9.78. The molecule has 7 aromatic rings. The molecular formula is C56H60FN9O7. The van der Waals surface area contributed by atoms with E-state index in [2.05, 4.69) is 73.8 Å². The van der Waals surface area contributed by atoms with E-state index in [1.807, 2.05) is 52.1 Å². The predicted octanol–water partition coefficient (Wildman–Crippen LogP) is 10.7. The zero-order valence-electron chi connectivity index (χ0n) is 41.8. The molecule has 0 bridgehead atoms. The summed E-state index contributed by atoms with van der Waals surface area (Å²) in [6.07, 6.45) is 6.59. The van der Waals surface area contributed by atoms with Gasteiger partial charge in [-0.05, 0) is 105 Å². The monoisotopic (exact) mass is 989 g/mol. The van der Waals surface area contributed by atoms with Crippen LogP contribution in [-0.2, 0) is 19.1 Å². The number of rotatable bonds is 11. The third-order valence-corrected chi connectivity index (χ3v) is 14.6. The Balaban J connectivity index is 0.910. The lowest BCUT2D eigenvalue weighted by Gasteiger charge is -2.35. The van der Waals surface area contributed by atoms with E-state index < -0.39 is 24.5 Å². The zero-order valence-corrected chi connectivity index (χ0v) is 41.8. The van der Waals surface area contributed by atoms with Crippen LogP contribution in [0.15, 0.2) is 103 Å². The highest BCUT2D eigenvalue weighted by molar-refractivity contribution is 5.93. The molecule has 2 fully saturated rings. The van der Waals surface area contributed by atoms with Crippen molar-refractivity contribution in [1.29, 1.82) is 0 Å². The summed E-state index contributed by atoms with van der Waals surface area (Å²) in [7, 11) is 2.56. The highest BCUT2D eigenvalue weighted by atomic mass is 19.1. The first-order valence-electron chi connectivity index (χ1n) is 25.0. The summed E-state index contributed by atoms with van der Waals surface area (Å²) in [5, 5.41) is 5.09. The average Bonchev–Trinajstić information content (AvgIpc) is 4.26. The Morgan fingerprint density at radius 1 is 0.753 bits per heavy atom. The van der Waals surface area contributed by atoms with Crippen molar-refractivity contribution in [2.24, 2.45) is 11.8 Å². The normalized spacial score (nSPS) is 18.7. The van der Waals surface area contributed by atoms with Crippen LogP contribution in [0.2, 0.25) is 0 Å². The number of H-pyrrole nitrogens is 2. The highest BCUT2D eigenvalue weighted by Gasteiger charge is 2.40. The Hall–Kier alpha value is -7.95. The number of amides is 4. The Bertz CT molecular complexity index is 3180. The van der Waals surface area contributed by atoms with E-state index in [0.717, 1.165) is 99.3 Å². The summed E-state index contributed by atoms with van der Waals surface area (Å²) in [5.74, 6) is 0.785. The highest BCUT2D eigenvalue weighted by Crippen LogP contribution is 2.47. The van der Waals surface area contributed by atoms with E-state index in [4.69, 9.17) is 24.2 Å². The minimum absolute atomic E-state index is 0.127. The first-order chi connectivity index (χ1) is 35.3. The Labute approximate surface area is 422 Å². The molecular weight excluding hydrogens is 930 g/mol. The van der Waals surface area contributed by atoms with E-state index in [1.54, 1.807) is 23.2 Å². The van der Waals surface area contributed by atoms with Gasteiger partial charge in [-0.1, -0.05) is 75.2 Å². The number of likely N-dealkylation sites (tertiary alicyclic amines) is 1. The maximum absolute atomic E-state index is 14.3. The van der Waals surface area contributed by atoms with Crippen LogP contribution in [0.1, 0.15) is 102 Å². The Morgan fingerprint density at radius 3 is 2.15 bits per heavy atom. The molecule has 0 radical (unpaired) electrons. The van der Waals surface area contributed by atoms with Crippen molar-refractivity contribution in [3.05, 3.63) is 126 Å². The average molecular weight is 990 g/mol. The smallest absolute Gasteiger partial charge is 0.425 e. The number of fused-ring (bicyclic) bond motifs is 5. The first-order valence-corrected chi connectivity index (χ1v) is 25.0. The van der Waals surface area contributed by atoms with Crippen molar-refractivity contribution in [2.45, 2.75) is 96.5 Å². The number of nitrogens with one attached hydrogen (secondary N) is 4. The summed E-state index contributed by atoms with van der Waals surface area (Å²) in [6.45, 7) is 8.04. The second-order valence-corrected chi connectivity index (χ2v) is 19.8. The topological polar surface area (TPSA) is 189 Å². The van der Waals surface area contributed by atoms with Crippen LogP contribution in [0, 0.1) is 17.7 Å². The van der Waals surface area contributed by atoms with E-state index >= 15 is 0 Å². The fourth-order valence-corrected chi connectivity index (χ4v) is 10.8. The quantitative estimate of drug-likeness (QED) is 0.0914. The Morgan fingerprint density at radius 2 is 1.42 bits per heavy atom. The molecule has 1 saturated heterocycles. The third-order valence-electron chi connectivity index (χ3n) is 14.6. The number of alkyl carbamates (subject to hydrolysis) is 1. The summed E-state index contributed by atoms with van der Waals surface area (Å²) in [4.78, 5) is 70.3. The summed E-state index contributed by atoms with van der Waals surface area (Å²) < 4.78 is 33.0. The van der Waals surface area contributed by atoms with Crippen molar-refractivity contribution >= 4 is 34.9 Å². The van der Waals surface area contributed by atoms with Crippen molar-refractivity contribution in [3.8, 4) is 50.6 Å². The molecule has 4 amide bonds. The summed E-state index contributed by atoms with van der Waals surface area (Å²) in [5.41, 5.74) is 11.6. The minimum Gasteiger partial charge on any atom is -0.465 e. The number of hydrogen-bond donors (Lipinski definition) is 4. The molecule has 2 aliphatic heterocycles. The summed E-state index contributed by atoms with van der Waals surface area (Å²) in [6, 6.07) is 28.0. The number of carbonyl (C=O) groups excluding carboxylic acids is 4. The van der Waals surface area contributed by atoms with Gasteiger partial charge in [0, 0.05) is 46.5 Å². The zero-order chi connectivity index (χ0) is 51.1. The molecule has 0 spiro atoms. The van der Waals surface area contributed by atoms with Crippen LogP contribution in [0.4, 0.5) is 14.0 Å². The molecule has 16 nitrogen and oxygen atoms in total. The number of imidazole rings is 2. The number of carbonyl (C=O) groups is 4. The number of hydrazine groups is 1. The van der Waals surface area contributed by atoms with E-state index in [9.17, 15) is 23.6 Å². The second kappa shape index (κ2) is 20.3. The van der Waals surface area contributed by atoms with Gasteiger partial charge in [0.25, 0.3) is 0 Å². The van der Waals surface area contributed by atoms with Crippen molar-refractivity contribution < 1.29 is 37.8 Å². The van der Waals surface area contributed by atoms with Gasteiger partial charge in [0.05, 0.1) is 55.3 Å². The molecule has 10 rings (SSSR count). The maximum atomic E-state index is 14.3. The van der Waals surface area contributed by atoms with E-state index in [-0.39, 0.29) is 47.5 Å². The fraction of sp³-hybridized carbons (Fsp3) is 0.357. The minimum atomic E-state index is -0.739. The van der Waals surface area contributed by atoms with Gasteiger partial charge in [0.15, 0.2) is 0 Å². The Kier molecular flexibility index (Phi) is 13.5. The molecule has 4 N–H and O–H groups in total. The standard InChI is InChI=1S/C56H60FN9O7/c1-31(2)49(62-55(69)71-5)53(68)64-25-9-12-46(64)51-59-30-44(61-51)37-19-23-42-47-27-38-26-36(20-24-45(38)65(47)54(73-48(42)28-37)35-17-21-39(57)22-18-35)33-13-15-34(16-14-33)43-29-58-50(60-43)40-10-7-8-11-41(40)52(67)66(32(3)4)63-56(70)72-6/h13-24,26-32,40-41,46,49,54H,7-12,25H2,1-6H3,(H,58,60)(H,59,61)(H,62,69)(H,63,70)/t40?,41-,46?,49+,54?/m1/s1. The SMILES string of the molecule is COC(=O)N[C@H](C(=O)N1CCCC1c1ncc(-c2ccc3c(c2)OC(c2ccc(F)cc2)n2c-3cc3cc(-c4ccc(-c5cnc(C6CCCC[C@H]6C(=O)N(NC(=O)OC)C(C)C)[nH]5)cc4)ccc32)[nH]1)C(C)C. The fourth-order valence-electron chi connectivity index (χ4n) is 10.8. The van der Waals surface area contributed by atoms with Gasteiger partial charge in [0.1, 0.15) is 29.3 Å². The van der Waals surface area contributed by atoms with Gasteiger partial charge in [-0.15, -0.1) is 0 Å². The van der Waals surface area contributed by atoms with Crippen molar-refractivity contribution in [2.75, 3.05) is 20.8 Å². The number of ether oxygens (including phenoxy) is 3. The van der Waals surface area contributed by atoms with Gasteiger partial charge < -0.3 is 39.0 Å². The molecule has 1 saturated carbocycles. The van der Waals surface area contributed by atoms with Gasteiger partial charge in [0.2, 0.25) is 18.0 Å². The third kappa shape index (κ3) is 9.51. The maximum Gasteiger partial charge on any atom is 0.425 e. The van der Waals surface area contributed by atoms with Gasteiger partial charge in [-0.25, -0.2) is 34.4 Å². The van der Waals surface area contributed by atoms with Crippen LogP contribution in [0.25, 0.3) is 55.8 Å². The number of methoxy groups -OCH3 is 2. The lowest BCUT2D eigenvalue weighted by Crippen LogP contribution is -2.53. The molecule has 3 aromatic heterocycles. The summed E-state index contributed by atoms with van der Waals surface area (Å²) >= 11 is 0. The molecule has 1 aliphatic carbocycles. The largest absolute Gasteiger partial charge is 0.465 e. The van der Waals surface area contributed by atoms with Gasteiger partial charge in [-0.3, -0.25) is 9.59 Å². The molecule has 5 atom stereocenters. The molecule has 5 heterocycles. The van der Waals surface area contributed by atoms with E-state index in [1.165, 1.54) is 31.4 Å². The second-order valence-electron chi connectivity index (χ2n) is 19.8. The number of nitrogens with zero attached hydrogens (tertiary/aromatic N) is 5. The van der Waals surface area contributed by atoms with Crippen molar-refractivity contribution in [3.63, 3.8) is 0 Å². The molecule has 3 aliphatic rings. The molecule has 378 valence electrons. The number of aromatic amines is 2. The van der Waals surface area contributed by atoms with Crippen LogP contribution < -0.4 is 15.5 Å². The van der Waals surface area contributed by atoms with Crippen molar-refractivity contribution in [1.82, 2.24) is 45.2 Å². The molecule has 3 unspecified atom stereocenters. The van der Waals surface area contributed by atoms with Crippen LogP contribution in [0.3, 0.4) is 0 Å². The number of halogens is 1. The van der Waals surface area contributed by atoms with Crippen LogP contribution >= 0.6 is 0 Å². The number of hydrogen-bond acceptors (Lipinski definition) is 9. The van der Waals surface area contributed by atoms with Crippen LogP contribution in [0.5, 0.6) is 5.75 Å². The molecule has 73 heavy (non-hydrogen) atoms. The molecule has 17 heteroatoms. The predicted molar refractivity (Wildman–Crippen MR) is 273 cm³/mol. The van der Waals surface area contributed by atoms with Gasteiger partial charge >= 0.3 is 12.2 Å². The first kappa shape index (κ1) is 48.7. The lowest BCUT2D eigenvalue weighted by molar-refractivity contribution is -0.142. The number of benzene rings is 4.